The summed E-state index contributed by atoms with van der Waals surface area (Å²) in [6, 6.07) is 0. The van der Waals surface area contributed by atoms with E-state index in [1.54, 1.807) is 0 Å². The minimum atomic E-state index is -7.50. The number of rotatable bonds is 5. The van der Waals surface area contributed by atoms with Crippen LogP contribution in [0.2, 0.25) is 0 Å². The van der Waals surface area contributed by atoms with Crippen LogP contribution in [-0.4, -0.2) is 59.7 Å². The summed E-state index contributed by atoms with van der Waals surface area (Å²) in [6.07, 6.45) is 0. The van der Waals surface area contributed by atoms with Crippen LogP contribution in [0, 0.1) is 6.92 Å². The molecule has 6 nitrogen and oxygen atoms in total. The number of hydrogen-bond acceptors (Lipinski definition) is 5. The number of esters is 1. The molecule has 0 aromatic carbocycles. The molecule has 1 fully saturated rings. The Bertz CT molecular complexity index is 1020. The number of carbonyl (C=O) groups is 3. The van der Waals surface area contributed by atoms with Crippen LogP contribution in [0.5, 0.6) is 0 Å². The lowest BCUT2D eigenvalue weighted by Gasteiger charge is -2.51. The maximum atomic E-state index is 14.9. The fraction of sp³-hybridized carbons (Fsp3) is 0.562. The van der Waals surface area contributed by atoms with E-state index in [0.717, 1.165) is 12.2 Å². The Morgan fingerprint density at radius 1 is 0.853 bits per heavy atom. The van der Waals surface area contributed by atoms with E-state index in [-0.39, 0.29) is 11.3 Å². The van der Waals surface area contributed by atoms with Crippen LogP contribution in [0.25, 0.3) is 0 Å². The van der Waals surface area contributed by atoms with Gasteiger partial charge in [0.05, 0.1) is 17.0 Å². The predicted molar refractivity (Wildman–Crippen MR) is 90.7 cm³/mol. The van der Waals surface area contributed by atoms with Crippen LogP contribution < -0.4 is 11.1 Å². The highest BCUT2D eigenvalue weighted by molar-refractivity contribution is 7.18. The van der Waals surface area contributed by atoms with Gasteiger partial charge < -0.3 is 15.8 Å². The third-order valence-corrected chi connectivity index (χ3v) is 6.05. The monoisotopic (exact) mass is 536 g/mol. The van der Waals surface area contributed by atoms with Gasteiger partial charge in [-0.2, -0.15) is 43.9 Å². The molecule has 1 saturated carbocycles. The first kappa shape index (κ1) is 27.6. The zero-order chi connectivity index (χ0) is 26.9. The third kappa shape index (κ3) is 3.02. The second-order valence-electron chi connectivity index (χ2n) is 6.83. The Labute approximate surface area is 185 Å². The molecule has 0 aliphatic heterocycles. The molecule has 2 amide bonds. The quantitative estimate of drug-likeness (QED) is 0.436. The first-order valence-corrected chi connectivity index (χ1v) is 9.40. The highest BCUT2D eigenvalue weighted by Gasteiger charge is 3.02. The van der Waals surface area contributed by atoms with Crippen molar-refractivity contribution in [2.75, 3.05) is 11.9 Å². The summed E-state index contributed by atoms with van der Waals surface area (Å²) in [4.78, 5) is 34.9. The van der Waals surface area contributed by atoms with E-state index in [1.165, 1.54) is 6.92 Å². The Morgan fingerprint density at radius 3 is 1.65 bits per heavy atom. The van der Waals surface area contributed by atoms with Gasteiger partial charge >= 0.3 is 41.3 Å². The smallest absolute Gasteiger partial charge is 0.384 e. The minimum Gasteiger partial charge on any atom is -0.462 e. The Kier molecular flexibility index (Phi) is 6.23. The molecule has 1 aromatic rings. The van der Waals surface area contributed by atoms with Crippen LogP contribution in [0.15, 0.2) is 0 Å². The van der Waals surface area contributed by atoms with Crippen LogP contribution in [0.1, 0.15) is 32.5 Å². The first-order valence-electron chi connectivity index (χ1n) is 8.59. The number of nitrogens with two attached hydrogens (primary N) is 1. The van der Waals surface area contributed by atoms with Crippen LogP contribution in [-0.2, 0) is 9.53 Å². The van der Waals surface area contributed by atoms with Crippen LogP contribution in [0.3, 0.4) is 0 Å². The van der Waals surface area contributed by atoms with Crippen molar-refractivity contribution in [1.82, 2.24) is 0 Å². The Hall–Kier alpha value is -2.66. The number of nitrogens with one attached hydrogen (secondary N) is 1. The van der Waals surface area contributed by atoms with E-state index < -0.39 is 80.7 Å². The molecule has 1 heterocycles. The average molecular weight is 536 g/mol. The van der Waals surface area contributed by atoms with Crippen molar-refractivity contribution >= 4 is 34.1 Å². The molecule has 1 aliphatic carbocycles. The highest BCUT2D eigenvalue weighted by Crippen LogP contribution is 2.69. The SMILES string of the molecule is CCOC(=O)c1c(NC(=O)C2(F)C(F)(F)C(F)(F)C(F)(F)C(F)(F)C2(F)F)sc(C(N)=O)c1C. The van der Waals surface area contributed by atoms with Gasteiger partial charge in [-0.1, -0.05) is 0 Å². The number of hydrogen-bond donors (Lipinski definition) is 2. The van der Waals surface area contributed by atoms with E-state index in [0.29, 0.717) is 0 Å². The van der Waals surface area contributed by atoms with Gasteiger partial charge in [0.2, 0.25) is 0 Å². The topological polar surface area (TPSA) is 98.5 Å². The largest absolute Gasteiger partial charge is 0.462 e. The number of halogens is 11. The summed E-state index contributed by atoms with van der Waals surface area (Å²) in [6.45, 7) is 1.73. The fourth-order valence-corrected chi connectivity index (χ4v) is 4.02. The average Bonchev–Trinajstić information content (AvgIpc) is 3.01. The third-order valence-electron chi connectivity index (χ3n) is 4.83. The van der Waals surface area contributed by atoms with Gasteiger partial charge in [0, 0.05) is 0 Å². The number of ether oxygens (including phenoxy) is 1. The molecule has 0 atom stereocenters. The molecule has 34 heavy (non-hydrogen) atoms. The van der Waals surface area contributed by atoms with E-state index in [4.69, 9.17) is 5.73 Å². The van der Waals surface area contributed by atoms with E-state index in [2.05, 4.69) is 4.74 Å². The molecule has 2 rings (SSSR count). The van der Waals surface area contributed by atoms with Crippen molar-refractivity contribution in [1.29, 1.82) is 0 Å². The lowest BCUT2D eigenvalue weighted by atomic mass is 9.71. The Morgan fingerprint density at radius 2 is 1.26 bits per heavy atom. The van der Waals surface area contributed by atoms with Crippen LogP contribution in [0.4, 0.5) is 53.3 Å². The maximum Gasteiger partial charge on any atom is 0.384 e. The van der Waals surface area contributed by atoms with Gasteiger partial charge in [-0.05, 0) is 19.4 Å². The summed E-state index contributed by atoms with van der Waals surface area (Å²) in [5, 5.41) is -0.461. The highest BCUT2D eigenvalue weighted by atomic mass is 32.1. The zero-order valence-corrected chi connectivity index (χ0v) is 17.3. The molecular formula is C16H11F11N2O4S. The van der Waals surface area contributed by atoms with Gasteiger partial charge in [-0.15, -0.1) is 11.3 Å². The number of anilines is 1. The Balaban J connectivity index is 2.76. The molecule has 192 valence electrons. The normalized spacial score (nSPS) is 23.1. The zero-order valence-electron chi connectivity index (χ0n) is 16.5. The predicted octanol–water partition coefficient (Wildman–Crippen LogP) is 4.17. The van der Waals surface area contributed by atoms with Crippen molar-refractivity contribution in [2.45, 2.75) is 49.1 Å². The summed E-state index contributed by atoms with van der Waals surface area (Å²) in [7, 11) is 0. The summed E-state index contributed by atoms with van der Waals surface area (Å²) in [5.41, 5.74) is -3.48. The summed E-state index contributed by atoms with van der Waals surface area (Å²) < 4.78 is 157. The van der Waals surface area contributed by atoms with Gasteiger partial charge in [0.15, 0.2) is 0 Å². The van der Waals surface area contributed by atoms with Crippen molar-refractivity contribution in [3.05, 3.63) is 16.0 Å². The van der Waals surface area contributed by atoms with Crippen molar-refractivity contribution in [3.63, 3.8) is 0 Å². The summed E-state index contributed by atoms with van der Waals surface area (Å²) >= 11 is -0.148. The minimum absolute atomic E-state index is 0.148. The molecule has 18 heteroatoms. The van der Waals surface area contributed by atoms with Crippen molar-refractivity contribution < 1.29 is 67.4 Å². The van der Waals surface area contributed by atoms with Gasteiger partial charge in [0.25, 0.3) is 11.8 Å². The van der Waals surface area contributed by atoms with Gasteiger partial charge in [-0.3, -0.25) is 9.59 Å². The fourth-order valence-electron chi connectivity index (χ4n) is 2.98. The second kappa shape index (κ2) is 7.67. The van der Waals surface area contributed by atoms with Gasteiger partial charge in [0.1, 0.15) is 5.00 Å². The molecule has 0 saturated heterocycles. The van der Waals surface area contributed by atoms with Crippen molar-refractivity contribution in [3.8, 4) is 0 Å². The number of thiophene rings is 1. The lowest BCUT2D eigenvalue weighted by Crippen LogP contribution is -2.86. The van der Waals surface area contributed by atoms with E-state index in [9.17, 15) is 62.7 Å². The number of carbonyl (C=O) groups excluding carboxylic acids is 3. The van der Waals surface area contributed by atoms with E-state index >= 15 is 0 Å². The number of alkyl halides is 11. The van der Waals surface area contributed by atoms with Crippen molar-refractivity contribution in [2.24, 2.45) is 5.73 Å². The second-order valence-corrected chi connectivity index (χ2v) is 7.85. The number of primary amides is 1. The number of amides is 2. The van der Waals surface area contributed by atoms with Crippen LogP contribution >= 0.6 is 11.3 Å². The molecule has 0 unspecified atom stereocenters. The molecule has 3 N–H and O–H groups in total. The molecule has 0 radical (unpaired) electrons. The molecule has 0 bridgehead atoms. The lowest BCUT2D eigenvalue weighted by molar-refractivity contribution is -0.475. The van der Waals surface area contributed by atoms with E-state index in [1.807, 2.05) is 0 Å². The molecule has 0 spiro atoms. The maximum absolute atomic E-state index is 14.9. The molecule has 1 aromatic heterocycles. The summed E-state index contributed by atoms with van der Waals surface area (Å²) in [5.74, 6) is -43.8. The molecular weight excluding hydrogens is 525 g/mol. The molecule has 1 aliphatic rings. The van der Waals surface area contributed by atoms with Gasteiger partial charge in [-0.25, -0.2) is 9.18 Å². The standard InChI is InChI=1S/C16H11F11N2O4S/c1-3-33-9(31)5-4(2)6(7(28)30)34-8(5)29-10(32)11(17)12(18,19)14(22,23)16(26,27)15(24,25)13(11,20)21/h3H2,1-2H3,(H2,28,30)(H,29,32). The first-order chi connectivity index (χ1) is 15.1.